The Kier molecular flexibility index (Phi) is 9.91. The molecule has 2 aliphatic rings. The van der Waals surface area contributed by atoms with Crippen LogP contribution in [0.2, 0.25) is 0 Å². The van der Waals surface area contributed by atoms with Crippen LogP contribution in [0.3, 0.4) is 0 Å². The molecule has 0 saturated heterocycles. The second kappa shape index (κ2) is 11.4. The number of halogens is 2. The maximum atomic E-state index is 6.03. The first-order chi connectivity index (χ1) is 10.9. The molecule has 0 unspecified atom stereocenters. The Morgan fingerprint density at radius 2 is 2.08 bits per heavy atom. The molecule has 0 aromatic heterocycles. The minimum absolute atomic E-state index is 0. The summed E-state index contributed by atoms with van der Waals surface area (Å²) in [6.45, 7) is 4.85. The molecule has 2 aliphatic heterocycles. The second-order valence-electron chi connectivity index (χ2n) is 5.88. The number of hydrogen-bond donors (Lipinski definition) is 3. The highest BCUT2D eigenvalue weighted by Gasteiger charge is 2.18. The number of rotatable bonds is 6. The molecular weight excluding hydrogens is 347 g/mol. The van der Waals surface area contributed by atoms with Gasteiger partial charge >= 0.3 is 0 Å². The minimum Gasteiger partial charge on any atom is -0.489 e. The standard InChI is InChI=1S/C17H26N4O.2ClH/c1-2-6-16-14(5-1)7-8-15(22-16)13-18-9-3-10-19-17-20-11-4-12-21-17;;/h1-2,5-6,15,18H,3-4,7-13H2,(H2,19,20,21);2*1H/t15-;;/m1../s1. The third-order valence-corrected chi connectivity index (χ3v) is 4.09. The molecule has 0 spiro atoms. The maximum absolute atomic E-state index is 6.03. The van der Waals surface area contributed by atoms with E-state index in [-0.39, 0.29) is 24.8 Å². The number of aliphatic imine (C=N–C) groups is 1. The molecule has 3 rings (SSSR count). The molecule has 1 aromatic carbocycles. The van der Waals surface area contributed by atoms with Gasteiger partial charge in [-0.05, 0) is 43.9 Å². The second-order valence-corrected chi connectivity index (χ2v) is 5.88. The average Bonchev–Trinajstić information content (AvgIpc) is 2.59. The summed E-state index contributed by atoms with van der Waals surface area (Å²) in [6.07, 6.45) is 4.74. The fourth-order valence-electron chi connectivity index (χ4n) is 2.86. The first-order valence-electron chi connectivity index (χ1n) is 8.39. The summed E-state index contributed by atoms with van der Waals surface area (Å²) in [5.41, 5.74) is 1.34. The molecule has 3 N–H and O–H groups in total. The lowest BCUT2D eigenvalue weighted by molar-refractivity contribution is 0.170. The molecule has 0 saturated carbocycles. The third-order valence-electron chi connectivity index (χ3n) is 4.09. The Morgan fingerprint density at radius 3 is 2.92 bits per heavy atom. The van der Waals surface area contributed by atoms with Crippen molar-refractivity contribution in [1.82, 2.24) is 16.0 Å². The van der Waals surface area contributed by atoms with Crippen molar-refractivity contribution in [2.45, 2.75) is 31.8 Å². The lowest BCUT2D eigenvalue weighted by Crippen LogP contribution is -2.42. The summed E-state index contributed by atoms with van der Waals surface area (Å²) in [5.74, 6) is 2.02. The van der Waals surface area contributed by atoms with Crippen molar-refractivity contribution in [3.8, 4) is 5.75 Å². The predicted octanol–water partition coefficient (Wildman–Crippen LogP) is 2.14. The summed E-state index contributed by atoms with van der Waals surface area (Å²) < 4.78 is 6.03. The zero-order valence-electron chi connectivity index (χ0n) is 13.9. The molecule has 5 nitrogen and oxygen atoms in total. The van der Waals surface area contributed by atoms with Crippen LogP contribution in [0.25, 0.3) is 0 Å². The molecule has 2 heterocycles. The van der Waals surface area contributed by atoms with Crippen LogP contribution >= 0.6 is 24.8 Å². The number of ether oxygens (including phenoxy) is 1. The Bertz CT molecular complexity index is 513. The topological polar surface area (TPSA) is 57.7 Å². The van der Waals surface area contributed by atoms with Gasteiger partial charge in [0.15, 0.2) is 5.96 Å². The van der Waals surface area contributed by atoms with Gasteiger partial charge in [0.05, 0.1) is 0 Å². The first kappa shape index (κ1) is 20.9. The van der Waals surface area contributed by atoms with E-state index in [9.17, 15) is 0 Å². The Labute approximate surface area is 156 Å². The quantitative estimate of drug-likeness (QED) is 0.667. The fraction of sp³-hybridized carbons (Fsp3) is 0.588. The van der Waals surface area contributed by atoms with E-state index in [1.54, 1.807) is 0 Å². The third kappa shape index (κ3) is 6.38. The highest BCUT2D eigenvalue weighted by atomic mass is 35.5. The van der Waals surface area contributed by atoms with Crippen LogP contribution in [0.5, 0.6) is 5.75 Å². The van der Waals surface area contributed by atoms with Crippen molar-refractivity contribution in [1.29, 1.82) is 0 Å². The van der Waals surface area contributed by atoms with Gasteiger partial charge in [-0.3, -0.25) is 4.99 Å². The van der Waals surface area contributed by atoms with Gasteiger partial charge < -0.3 is 20.7 Å². The van der Waals surface area contributed by atoms with E-state index >= 15 is 0 Å². The predicted molar refractivity (Wildman–Crippen MR) is 104 cm³/mol. The van der Waals surface area contributed by atoms with E-state index in [1.807, 2.05) is 6.07 Å². The summed E-state index contributed by atoms with van der Waals surface area (Å²) in [5, 5.41) is 10.1. The van der Waals surface area contributed by atoms with Crippen molar-refractivity contribution >= 4 is 30.8 Å². The SMILES string of the molecule is Cl.Cl.c1ccc2c(c1)CC[C@H](CNCCCNC1=NCCCN1)O2. The van der Waals surface area contributed by atoms with Crippen LogP contribution in [0.15, 0.2) is 29.3 Å². The molecule has 1 aromatic rings. The van der Waals surface area contributed by atoms with Crippen molar-refractivity contribution in [3.05, 3.63) is 29.8 Å². The molecule has 0 radical (unpaired) electrons. The molecule has 0 bridgehead atoms. The van der Waals surface area contributed by atoms with Crippen LogP contribution < -0.4 is 20.7 Å². The number of para-hydroxylation sites is 1. The maximum Gasteiger partial charge on any atom is 0.191 e. The summed E-state index contributed by atoms with van der Waals surface area (Å²) in [6, 6.07) is 8.36. The summed E-state index contributed by atoms with van der Waals surface area (Å²) >= 11 is 0. The smallest absolute Gasteiger partial charge is 0.191 e. The Morgan fingerprint density at radius 1 is 1.21 bits per heavy atom. The van der Waals surface area contributed by atoms with E-state index in [0.717, 1.165) is 70.1 Å². The van der Waals surface area contributed by atoms with Gasteiger partial charge in [-0.1, -0.05) is 18.2 Å². The zero-order chi connectivity index (χ0) is 15.0. The molecule has 0 aliphatic carbocycles. The van der Waals surface area contributed by atoms with Gasteiger partial charge in [-0.25, -0.2) is 0 Å². The minimum atomic E-state index is 0. The van der Waals surface area contributed by atoms with Crippen LogP contribution in [0, 0.1) is 0 Å². The molecule has 0 amide bonds. The number of hydrogen-bond acceptors (Lipinski definition) is 5. The Hall–Kier alpha value is -1.17. The van der Waals surface area contributed by atoms with Crippen LogP contribution in [0.1, 0.15) is 24.8 Å². The number of nitrogens with zero attached hydrogens (tertiary/aromatic N) is 1. The summed E-state index contributed by atoms with van der Waals surface area (Å²) in [7, 11) is 0. The summed E-state index contributed by atoms with van der Waals surface area (Å²) in [4.78, 5) is 4.40. The lowest BCUT2D eigenvalue weighted by Gasteiger charge is -2.26. The largest absolute Gasteiger partial charge is 0.489 e. The van der Waals surface area contributed by atoms with Crippen molar-refractivity contribution < 1.29 is 4.74 Å². The normalized spacial score (nSPS) is 18.7. The number of aryl methyl sites for hydroxylation is 1. The van der Waals surface area contributed by atoms with Gasteiger partial charge in [0, 0.05) is 26.2 Å². The monoisotopic (exact) mass is 374 g/mol. The van der Waals surface area contributed by atoms with Gasteiger partial charge in [0.2, 0.25) is 0 Å². The number of fused-ring (bicyclic) bond motifs is 1. The van der Waals surface area contributed by atoms with E-state index < -0.39 is 0 Å². The molecule has 1 atom stereocenters. The van der Waals surface area contributed by atoms with E-state index in [4.69, 9.17) is 4.74 Å². The van der Waals surface area contributed by atoms with Gasteiger partial charge in [0.1, 0.15) is 11.9 Å². The number of guanidine groups is 1. The lowest BCUT2D eigenvalue weighted by atomic mass is 10.0. The van der Waals surface area contributed by atoms with Gasteiger partial charge in [0.25, 0.3) is 0 Å². The van der Waals surface area contributed by atoms with Crippen molar-refractivity contribution in [3.63, 3.8) is 0 Å². The fourth-order valence-corrected chi connectivity index (χ4v) is 2.86. The van der Waals surface area contributed by atoms with E-state index in [1.165, 1.54) is 5.56 Å². The van der Waals surface area contributed by atoms with E-state index in [2.05, 4.69) is 39.1 Å². The van der Waals surface area contributed by atoms with E-state index in [0.29, 0.717) is 6.10 Å². The molecule has 136 valence electrons. The van der Waals surface area contributed by atoms with Gasteiger partial charge in [-0.2, -0.15) is 0 Å². The van der Waals surface area contributed by atoms with Crippen molar-refractivity contribution in [2.24, 2.45) is 4.99 Å². The molecule has 0 fully saturated rings. The average molecular weight is 375 g/mol. The zero-order valence-corrected chi connectivity index (χ0v) is 15.6. The molecular formula is C17H28Cl2N4O. The highest BCUT2D eigenvalue weighted by molar-refractivity contribution is 5.85. The van der Waals surface area contributed by atoms with Crippen molar-refractivity contribution in [2.75, 3.05) is 32.7 Å². The molecule has 7 heteroatoms. The Balaban J connectivity index is 0.00000144. The number of benzene rings is 1. The van der Waals surface area contributed by atoms with Crippen LogP contribution in [-0.2, 0) is 6.42 Å². The number of nitrogens with one attached hydrogen (secondary N) is 3. The first-order valence-corrected chi connectivity index (χ1v) is 8.39. The highest BCUT2D eigenvalue weighted by Crippen LogP contribution is 2.26. The van der Waals surface area contributed by atoms with Crippen LogP contribution in [-0.4, -0.2) is 44.8 Å². The van der Waals surface area contributed by atoms with Crippen LogP contribution in [0.4, 0.5) is 0 Å². The molecule has 24 heavy (non-hydrogen) atoms. The van der Waals surface area contributed by atoms with Gasteiger partial charge in [-0.15, -0.1) is 24.8 Å².